The highest BCUT2D eigenvalue weighted by Crippen LogP contribution is 1.65. The van der Waals surface area contributed by atoms with E-state index in [1.165, 1.54) is 12.5 Å². The van der Waals surface area contributed by atoms with Gasteiger partial charge in [0.25, 0.3) is 0 Å². The van der Waals surface area contributed by atoms with Gasteiger partial charge in [-0.1, -0.05) is 13.2 Å². The molecule has 0 N–H and O–H groups in total. The normalized spacial score (nSPS) is 6.00. The first kappa shape index (κ1) is 11.0. The molecule has 0 aromatic rings. The van der Waals surface area contributed by atoms with Crippen molar-refractivity contribution in [2.24, 2.45) is 0 Å². The molecule has 0 aliphatic carbocycles. The standard InChI is InChI=1S/C4H8O.C3H6O/c1-3-5-4-2;1-3-4-2/h3H,1,4H2,2H3;3H,1H2,2H3. The highest BCUT2D eigenvalue weighted by molar-refractivity contribution is 4.45. The van der Waals surface area contributed by atoms with Gasteiger partial charge in [0.05, 0.1) is 26.2 Å². The lowest BCUT2D eigenvalue weighted by Crippen LogP contribution is -1.72. The molecule has 0 aromatic heterocycles. The zero-order valence-electron chi connectivity index (χ0n) is 6.09. The molecule has 0 bridgehead atoms. The maximum atomic E-state index is 4.60. The Kier molecular flexibility index (Phi) is 19.1. The Morgan fingerprint density at radius 3 is 1.78 bits per heavy atom. The van der Waals surface area contributed by atoms with Crippen molar-refractivity contribution in [3.8, 4) is 0 Å². The molecule has 0 saturated heterocycles. The van der Waals surface area contributed by atoms with E-state index in [9.17, 15) is 0 Å². The molecule has 0 radical (unpaired) electrons. The van der Waals surface area contributed by atoms with Crippen LogP contribution in [0.25, 0.3) is 0 Å². The highest BCUT2D eigenvalue weighted by Gasteiger charge is 1.55. The van der Waals surface area contributed by atoms with Crippen LogP contribution in [-0.4, -0.2) is 13.7 Å². The molecular formula is C7H14O2. The summed E-state index contributed by atoms with van der Waals surface area (Å²) in [6, 6.07) is 0. The molecule has 0 spiro atoms. The topological polar surface area (TPSA) is 18.5 Å². The Hall–Kier alpha value is -0.920. The van der Waals surface area contributed by atoms with E-state index >= 15 is 0 Å². The van der Waals surface area contributed by atoms with Crippen LogP contribution >= 0.6 is 0 Å². The van der Waals surface area contributed by atoms with Crippen molar-refractivity contribution in [1.82, 2.24) is 0 Å². The average molecular weight is 130 g/mol. The van der Waals surface area contributed by atoms with Gasteiger partial charge in [0.2, 0.25) is 0 Å². The molecule has 0 aromatic carbocycles. The maximum absolute atomic E-state index is 4.60. The fraction of sp³-hybridized carbons (Fsp3) is 0.429. The summed E-state index contributed by atoms with van der Waals surface area (Å²) in [6.45, 7) is 9.23. The van der Waals surface area contributed by atoms with Crippen LogP contribution in [0.2, 0.25) is 0 Å². The number of hydrogen-bond donors (Lipinski definition) is 0. The monoisotopic (exact) mass is 130 g/mol. The average Bonchev–Trinajstić information content (AvgIpc) is 1.91. The predicted octanol–water partition coefficient (Wildman–Crippen LogP) is 1.94. The van der Waals surface area contributed by atoms with Gasteiger partial charge in [0.1, 0.15) is 0 Å². The first-order valence-corrected chi connectivity index (χ1v) is 2.69. The molecule has 0 aliphatic rings. The SMILES string of the molecule is C=COC.C=COCC. The minimum absolute atomic E-state index is 0.726. The van der Waals surface area contributed by atoms with E-state index in [-0.39, 0.29) is 0 Å². The first-order chi connectivity index (χ1) is 4.33. The van der Waals surface area contributed by atoms with Crippen LogP contribution < -0.4 is 0 Å². The number of ether oxygens (including phenoxy) is 2. The Bertz CT molecular complexity index is 59.9. The minimum Gasteiger partial charge on any atom is -0.505 e. The fourth-order valence-corrected chi connectivity index (χ4v) is 0.118. The van der Waals surface area contributed by atoms with Crippen molar-refractivity contribution < 1.29 is 9.47 Å². The lowest BCUT2D eigenvalue weighted by Gasteiger charge is -1.84. The summed E-state index contributed by atoms with van der Waals surface area (Å²) < 4.78 is 8.90. The molecule has 0 saturated carbocycles. The summed E-state index contributed by atoms with van der Waals surface area (Å²) in [5.41, 5.74) is 0. The van der Waals surface area contributed by atoms with Gasteiger partial charge in [0.15, 0.2) is 0 Å². The summed E-state index contributed by atoms with van der Waals surface area (Å²) in [6.07, 6.45) is 2.81. The largest absolute Gasteiger partial charge is 0.505 e. The van der Waals surface area contributed by atoms with Crippen LogP contribution in [0.5, 0.6) is 0 Å². The lowest BCUT2D eigenvalue weighted by atomic mass is 10.9. The van der Waals surface area contributed by atoms with Crippen molar-refractivity contribution in [2.75, 3.05) is 13.7 Å². The molecule has 2 nitrogen and oxygen atoms in total. The highest BCUT2D eigenvalue weighted by atomic mass is 16.5. The minimum atomic E-state index is 0.726. The Morgan fingerprint density at radius 2 is 1.78 bits per heavy atom. The van der Waals surface area contributed by atoms with E-state index in [1.54, 1.807) is 7.11 Å². The Morgan fingerprint density at radius 1 is 1.33 bits per heavy atom. The van der Waals surface area contributed by atoms with Crippen LogP contribution in [0.1, 0.15) is 6.92 Å². The van der Waals surface area contributed by atoms with Gasteiger partial charge < -0.3 is 9.47 Å². The van der Waals surface area contributed by atoms with E-state index in [4.69, 9.17) is 0 Å². The predicted molar refractivity (Wildman–Crippen MR) is 39.0 cm³/mol. The molecule has 2 heteroatoms. The zero-order valence-corrected chi connectivity index (χ0v) is 6.09. The van der Waals surface area contributed by atoms with Gasteiger partial charge in [-0.05, 0) is 6.92 Å². The maximum Gasteiger partial charge on any atom is 0.0844 e. The van der Waals surface area contributed by atoms with E-state index in [1.807, 2.05) is 6.92 Å². The Balaban J connectivity index is 0. The third kappa shape index (κ3) is 42.2. The fourth-order valence-electron chi connectivity index (χ4n) is 0.118. The lowest BCUT2D eigenvalue weighted by molar-refractivity contribution is 0.270. The van der Waals surface area contributed by atoms with E-state index in [0.29, 0.717) is 0 Å². The van der Waals surface area contributed by atoms with Crippen LogP contribution in [0.3, 0.4) is 0 Å². The van der Waals surface area contributed by atoms with Gasteiger partial charge in [-0.2, -0.15) is 0 Å². The number of methoxy groups -OCH3 is 1. The molecule has 0 unspecified atom stereocenters. The van der Waals surface area contributed by atoms with Crippen molar-refractivity contribution >= 4 is 0 Å². The van der Waals surface area contributed by atoms with Crippen molar-refractivity contribution in [2.45, 2.75) is 6.92 Å². The van der Waals surface area contributed by atoms with E-state index in [2.05, 4.69) is 22.6 Å². The van der Waals surface area contributed by atoms with Crippen molar-refractivity contribution in [1.29, 1.82) is 0 Å². The summed E-state index contributed by atoms with van der Waals surface area (Å²) in [7, 11) is 1.56. The third-order valence-corrected chi connectivity index (χ3v) is 0.451. The third-order valence-electron chi connectivity index (χ3n) is 0.451. The van der Waals surface area contributed by atoms with Gasteiger partial charge >= 0.3 is 0 Å². The first-order valence-electron chi connectivity index (χ1n) is 2.69. The molecular weight excluding hydrogens is 116 g/mol. The Labute approximate surface area is 56.8 Å². The summed E-state index contributed by atoms with van der Waals surface area (Å²) in [4.78, 5) is 0. The number of hydrogen-bond acceptors (Lipinski definition) is 2. The van der Waals surface area contributed by atoms with Gasteiger partial charge in [-0.3, -0.25) is 0 Å². The molecule has 0 fully saturated rings. The van der Waals surface area contributed by atoms with Gasteiger partial charge in [0, 0.05) is 0 Å². The summed E-state index contributed by atoms with van der Waals surface area (Å²) in [5.74, 6) is 0. The molecule has 54 valence electrons. The van der Waals surface area contributed by atoms with Gasteiger partial charge in [-0.15, -0.1) is 0 Å². The molecule has 9 heavy (non-hydrogen) atoms. The molecule has 0 atom stereocenters. The molecule has 0 aliphatic heterocycles. The quantitative estimate of drug-likeness (QED) is 0.543. The number of rotatable bonds is 3. The second-order valence-corrected chi connectivity index (χ2v) is 1.02. The summed E-state index contributed by atoms with van der Waals surface area (Å²) >= 11 is 0. The van der Waals surface area contributed by atoms with Gasteiger partial charge in [-0.25, -0.2) is 0 Å². The van der Waals surface area contributed by atoms with Crippen LogP contribution in [0.15, 0.2) is 25.7 Å². The van der Waals surface area contributed by atoms with Crippen LogP contribution in [0, 0.1) is 0 Å². The second kappa shape index (κ2) is 15.7. The van der Waals surface area contributed by atoms with Crippen molar-refractivity contribution in [3.63, 3.8) is 0 Å². The molecule has 0 heterocycles. The van der Waals surface area contributed by atoms with Crippen molar-refractivity contribution in [3.05, 3.63) is 25.7 Å². The van der Waals surface area contributed by atoms with Crippen LogP contribution in [0.4, 0.5) is 0 Å². The smallest absolute Gasteiger partial charge is 0.0844 e. The molecule has 0 rings (SSSR count). The zero-order chi connectivity index (χ0) is 7.54. The second-order valence-electron chi connectivity index (χ2n) is 1.02. The summed E-state index contributed by atoms with van der Waals surface area (Å²) in [5, 5.41) is 0. The molecule has 0 amide bonds. The van der Waals surface area contributed by atoms with E-state index < -0.39 is 0 Å². The van der Waals surface area contributed by atoms with Crippen LogP contribution in [-0.2, 0) is 9.47 Å². The van der Waals surface area contributed by atoms with E-state index in [0.717, 1.165) is 6.61 Å².